The van der Waals surface area contributed by atoms with Crippen molar-refractivity contribution in [2.75, 3.05) is 4.90 Å². The van der Waals surface area contributed by atoms with E-state index in [0.29, 0.717) is 0 Å². The molecule has 0 aromatic heterocycles. The average Bonchev–Trinajstić information content (AvgIpc) is 3.16. The van der Waals surface area contributed by atoms with Crippen molar-refractivity contribution >= 4 is 29.2 Å². The molecule has 1 nitrogen and oxygen atoms in total. The van der Waals surface area contributed by atoms with Crippen molar-refractivity contribution in [3.63, 3.8) is 0 Å². The molecule has 0 N–H and O–H groups in total. The van der Waals surface area contributed by atoms with Gasteiger partial charge < -0.3 is 4.90 Å². The van der Waals surface area contributed by atoms with E-state index in [4.69, 9.17) is 0 Å². The van der Waals surface area contributed by atoms with Crippen LogP contribution < -0.4 is 4.90 Å². The zero-order valence-corrected chi connectivity index (χ0v) is 39.6. The van der Waals surface area contributed by atoms with Crippen molar-refractivity contribution in [3.05, 3.63) is 139 Å². The van der Waals surface area contributed by atoms with Gasteiger partial charge in [-0.1, -0.05) is 12.2 Å². The largest absolute Gasteiger partial charge is 0.309 e. The van der Waals surface area contributed by atoms with Crippen molar-refractivity contribution < 1.29 is 0 Å². The third-order valence-corrected chi connectivity index (χ3v) is 15.6. The van der Waals surface area contributed by atoms with Crippen LogP contribution in [0.15, 0.2) is 0 Å². The fraction of sp³-hybridized carbons (Fsp3) is 0.418. The highest BCUT2D eigenvalue weighted by atomic mass is 15.2. The highest BCUT2D eigenvalue weighted by Gasteiger charge is 2.29. The molecule has 5 aromatic rings. The van der Waals surface area contributed by atoms with Gasteiger partial charge in [-0.25, -0.2) is 0 Å². The van der Waals surface area contributed by atoms with Gasteiger partial charge in [0.1, 0.15) is 0 Å². The van der Waals surface area contributed by atoms with E-state index in [1.165, 1.54) is 167 Å². The van der Waals surface area contributed by atoms with Crippen LogP contribution in [-0.2, 0) is 0 Å². The van der Waals surface area contributed by atoms with E-state index in [1.807, 2.05) is 0 Å². The number of nitrogens with zero attached hydrogens (tertiary/aromatic N) is 1. The van der Waals surface area contributed by atoms with Crippen LogP contribution in [0.2, 0.25) is 0 Å². The Balaban J connectivity index is 1.80. The molecule has 0 aliphatic rings. The summed E-state index contributed by atoms with van der Waals surface area (Å²) in [6, 6.07) is 0. The Hall–Kier alpha value is -4.36. The maximum Gasteiger partial charge on any atom is 0.0526 e. The number of benzene rings is 5. The molecule has 0 spiro atoms. The summed E-state index contributed by atoms with van der Waals surface area (Å²) in [6.07, 6.45) is 4.82. The molecule has 296 valence electrons. The zero-order chi connectivity index (χ0) is 42.3. The predicted octanol–water partition coefficient (Wildman–Crippen LogP) is 16.1. The zero-order valence-electron chi connectivity index (χ0n) is 39.6. The van der Waals surface area contributed by atoms with Gasteiger partial charge in [0.25, 0.3) is 0 Å². The topological polar surface area (TPSA) is 3.24 Å². The second-order valence-electron chi connectivity index (χ2n) is 17.7. The number of hydrogen-bond acceptors (Lipinski definition) is 1. The molecule has 0 bridgehead atoms. The van der Waals surface area contributed by atoms with Crippen LogP contribution in [0.25, 0.3) is 23.3 Å². The van der Waals surface area contributed by atoms with Gasteiger partial charge in [-0.2, -0.15) is 0 Å². The average molecular weight is 746 g/mol. The highest BCUT2D eigenvalue weighted by molar-refractivity contribution is 5.92. The van der Waals surface area contributed by atoms with Crippen LogP contribution in [0, 0.1) is 159 Å². The first-order valence-corrected chi connectivity index (χ1v) is 20.8. The van der Waals surface area contributed by atoms with Crippen LogP contribution in [0.1, 0.15) is 139 Å². The normalized spacial score (nSPS) is 11.8. The lowest BCUT2D eigenvalue weighted by molar-refractivity contribution is 1.07. The van der Waals surface area contributed by atoms with Crippen LogP contribution in [0.5, 0.6) is 0 Å². The fourth-order valence-corrected chi connectivity index (χ4v) is 9.88. The molecule has 5 aromatic carbocycles. The van der Waals surface area contributed by atoms with E-state index in [1.54, 1.807) is 0 Å². The molecule has 5 rings (SSSR count). The quantitative estimate of drug-likeness (QED) is 0.156. The van der Waals surface area contributed by atoms with Crippen LogP contribution in [0.4, 0.5) is 17.1 Å². The predicted molar refractivity (Wildman–Crippen MR) is 251 cm³/mol. The smallest absolute Gasteiger partial charge is 0.0526 e. The van der Waals surface area contributed by atoms with E-state index >= 15 is 0 Å². The second-order valence-corrected chi connectivity index (χ2v) is 17.7. The summed E-state index contributed by atoms with van der Waals surface area (Å²) in [5, 5.41) is 0. The van der Waals surface area contributed by atoms with Crippen molar-refractivity contribution in [1.82, 2.24) is 0 Å². The Morgan fingerprint density at radius 3 is 0.607 bits per heavy atom. The van der Waals surface area contributed by atoms with Gasteiger partial charge >= 0.3 is 0 Å². The monoisotopic (exact) mass is 746 g/mol. The Bertz CT molecular complexity index is 2310. The number of anilines is 3. The Morgan fingerprint density at radius 1 is 0.196 bits per heavy atom. The van der Waals surface area contributed by atoms with Crippen LogP contribution in [0.3, 0.4) is 0 Å². The first-order chi connectivity index (χ1) is 25.9. The minimum atomic E-state index is 1.32. The lowest BCUT2D eigenvalue weighted by atomic mass is 9.79. The van der Waals surface area contributed by atoms with Gasteiger partial charge in [0.05, 0.1) is 17.1 Å². The maximum atomic E-state index is 2.67. The minimum Gasteiger partial charge on any atom is -0.309 e. The first kappa shape index (κ1) is 42.8. The second kappa shape index (κ2) is 15.2. The van der Waals surface area contributed by atoms with Gasteiger partial charge in [-0.3, -0.25) is 0 Å². The molecule has 0 saturated heterocycles. The summed E-state index contributed by atoms with van der Waals surface area (Å²) >= 11 is 0. The lowest BCUT2D eigenvalue weighted by Gasteiger charge is -2.37. The Labute approximate surface area is 342 Å². The molecular weight excluding hydrogens is 675 g/mol. The van der Waals surface area contributed by atoms with E-state index < -0.39 is 0 Å². The lowest BCUT2D eigenvalue weighted by Crippen LogP contribution is -2.21. The minimum absolute atomic E-state index is 1.32. The van der Waals surface area contributed by atoms with Crippen molar-refractivity contribution in [3.8, 4) is 11.1 Å². The summed E-state index contributed by atoms with van der Waals surface area (Å²) in [5.41, 5.74) is 41.2. The van der Waals surface area contributed by atoms with E-state index in [0.717, 1.165) is 0 Å². The van der Waals surface area contributed by atoms with Crippen molar-refractivity contribution in [2.24, 2.45) is 0 Å². The van der Waals surface area contributed by atoms with Gasteiger partial charge in [0.2, 0.25) is 0 Å². The van der Waals surface area contributed by atoms with Gasteiger partial charge in [-0.15, -0.1) is 0 Å². The molecule has 0 aliphatic heterocycles. The van der Waals surface area contributed by atoms with E-state index in [2.05, 4.69) is 176 Å². The summed E-state index contributed by atoms with van der Waals surface area (Å²) < 4.78 is 0. The molecule has 0 heterocycles. The Morgan fingerprint density at radius 2 is 0.357 bits per heavy atom. The SMILES string of the molecule is Cc1c(C)c(C)c(-c2c(C)c(C)c(/C=C/c3c(C)c(C)c(N(c4c(C)c(C)c(C)c(C)c4C)c4c(C)c(C)c(C)c(C)c4C)c(C)c3C)c(C)c2C)c(C)c1C. The molecule has 0 aliphatic carbocycles. The fourth-order valence-electron chi connectivity index (χ4n) is 9.88. The van der Waals surface area contributed by atoms with E-state index in [9.17, 15) is 0 Å². The molecular formula is C55H71N. The summed E-state index contributed by atoms with van der Waals surface area (Å²) in [7, 11) is 0. The summed E-state index contributed by atoms with van der Waals surface area (Å²) in [4.78, 5) is 2.67. The van der Waals surface area contributed by atoms with Crippen molar-refractivity contribution in [1.29, 1.82) is 0 Å². The van der Waals surface area contributed by atoms with Gasteiger partial charge in [0.15, 0.2) is 0 Å². The van der Waals surface area contributed by atoms with Gasteiger partial charge in [0, 0.05) is 0 Å². The molecule has 0 radical (unpaired) electrons. The van der Waals surface area contributed by atoms with Crippen LogP contribution in [-0.4, -0.2) is 0 Å². The van der Waals surface area contributed by atoms with Gasteiger partial charge in [-0.05, 0) is 309 Å². The third-order valence-electron chi connectivity index (χ3n) is 15.6. The molecule has 0 amide bonds. The molecule has 56 heavy (non-hydrogen) atoms. The Kier molecular flexibility index (Phi) is 11.6. The molecule has 0 saturated carbocycles. The molecule has 0 unspecified atom stereocenters. The highest BCUT2D eigenvalue weighted by Crippen LogP contribution is 2.50. The van der Waals surface area contributed by atoms with E-state index in [-0.39, 0.29) is 0 Å². The number of rotatable bonds is 6. The van der Waals surface area contributed by atoms with Crippen LogP contribution >= 0.6 is 0 Å². The molecule has 0 atom stereocenters. The summed E-state index contributed by atoms with van der Waals surface area (Å²) in [6.45, 7) is 53.3. The molecule has 1 heteroatoms. The van der Waals surface area contributed by atoms with Crippen molar-refractivity contribution in [2.45, 2.75) is 159 Å². The molecule has 0 fully saturated rings. The standard InChI is InChI=1S/C55H71N/c1-26-29(4)39(14)51(40(15)30(26)5)52-41(16)35(10)49(36(11)42(52)17)24-25-50-37(12)47(22)55(48(23)38(50)13)56(53-43(18)31(6)27(2)32(7)44(53)19)54-45(20)33(8)28(3)34(9)46(54)21/h24-25H,1-23H3/b25-24+. The number of hydrogen-bond donors (Lipinski definition) is 0. The maximum absolute atomic E-state index is 2.67. The summed E-state index contributed by atoms with van der Waals surface area (Å²) in [5.74, 6) is 0. The third kappa shape index (κ3) is 6.29. The first-order valence-electron chi connectivity index (χ1n) is 20.8.